The molecule has 0 bridgehead atoms. The van der Waals surface area contributed by atoms with Crippen molar-refractivity contribution in [3.63, 3.8) is 0 Å². The van der Waals surface area contributed by atoms with Crippen LogP contribution < -0.4 is 16.4 Å². The monoisotopic (exact) mass is 451 g/mol. The molecule has 3 aromatic rings. The molecular weight excluding hydrogens is 426 g/mol. The molecule has 0 aliphatic carbocycles. The number of benzene rings is 3. The molecule has 32 heavy (non-hydrogen) atoms. The van der Waals surface area contributed by atoms with Gasteiger partial charge in [0.25, 0.3) is 5.91 Å². The van der Waals surface area contributed by atoms with E-state index in [0.29, 0.717) is 28.3 Å². The van der Waals surface area contributed by atoms with E-state index >= 15 is 0 Å². The Labute approximate surface area is 192 Å². The van der Waals surface area contributed by atoms with Gasteiger partial charge in [-0.3, -0.25) is 4.79 Å². The number of para-hydroxylation sites is 1. The zero-order valence-electron chi connectivity index (χ0n) is 17.3. The first-order chi connectivity index (χ1) is 15.5. The van der Waals surface area contributed by atoms with E-state index in [2.05, 4.69) is 23.3 Å². The Morgan fingerprint density at radius 3 is 2.34 bits per heavy atom. The summed E-state index contributed by atoms with van der Waals surface area (Å²) in [7, 11) is 0. The van der Waals surface area contributed by atoms with Crippen molar-refractivity contribution in [2.45, 2.75) is 24.0 Å². The Morgan fingerprint density at radius 1 is 1.00 bits per heavy atom. The molecule has 0 saturated heterocycles. The molecule has 166 valence electrons. The smallest absolute Gasteiger partial charge is 0.407 e. The van der Waals surface area contributed by atoms with Crippen molar-refractivity contribution >= 4 is 36.0 Å². The summed E-state index contributed by atoms with van der Waals surface area (Å²) in [4.78, 5) is 25.4. The van der Waals surface area contributed by atoms with Gasteiger partial charge in [-0.15, -0.1) is 12.6 Å². The Hall–Kier alpha value is -3.49. The number of nitrogens with two attached hydrogens (primary N) is 1. The second kappa shape index (κ2) is 11.2. The highest BCUT2D eigenvalue weighted by Crippen LogP contribution is 2.21. The van der Waals surface area contributed by atoms with Gasteiger partial charge in [0.15, 0.2) is 0 Å². The fraction of sp³-hybridized carbons (Fsp3) is 0.167. The SMILES string of the molecule is Nc1ccc(COC(=O)N[C@H](CCO)c2ccc(C(=O)Nc3ccccc3S)cc2)cc1. The number of hydrogen-bond donors (Lipinski definition) is 5. The lowest BCUT2D eigenvalue weighted by molar-refractivity contribution is 0.102. The van der Waals surface area contributed by atoms with E-state index in [1.165, 1.54) is 0 Å². The molecule has 8 heteroatoms. The molecule has 0 saturated carbocycles. The molecule has 0 unspecified atom stereocenters. The summed E-state index contributed by atoms with van der Waals surface area (Å²) in [5, 5.41) is 15.0. The zero-order chi connectivity index (χ0) is 22.9. The number of aliphatic hydroxyl groups excluding tert-OH is 1. The molecule has 7 nitrogen and oxygen atoms in total. The number of hydrogen-bond acceptors (Lipinski definition) is 6. The van der Waals surface area contributed by atoms with Crippen LogP contribution in [0.5, 0.6) is 0 Å². The van der Waals surface area contributed by atoms with Crippen LogP contribution in [0.25, 0.3) is 0 Å². The van der Waals surface area contributed by atoms with Crippen LogP contribution in [0, 0.1) is 0 Å². The first kappa shape index (κ1) is 23.2. The van der Waals surface area contributed by atoms with Crippen molar-refractivity contribution in [2.24, 2.45) is 0 Å². The second-order valence-corrected chi connectivity index (χ2v) is 7.60. The summed E-state index contributed by atoms with van der Waals surface area (Å²) in [5.74, 6) is -0.271. The van der Waals surface area contributed by atoms with Gasteiger partial charge in [0.05, 0.1) is 11.7 Å². The van der Waals surface area contributed by atoms with Crippen molar-refractivity contribution in [1.82, 2.24) is 5.32 Å². The van der Waals surface area contributed by atoms with Gasteiger partial charge in [-0.25, -0.2) is 4.79 Å². The van der Waals surface area contributed by atoms with Gasteiger partial charge in [-0.05, 0) is 53.9 Å². The van der Waals surface area contributed by atoms with Gasteiger partial charge < -0.3 is 26.2 Å². The molecule has 3 rings (SSSR count). The number of nitrogen functional groups attached to an aromatic ring is 1. The lowest BCUT2D eigenvalue weighted by Crippen LogP contribution is -2.29. The van der Waals surface area contributed by atoms with Gasteiger partial charge >= 0.3 is 6.09 Å². The molecule has 5 N–H and O–H groups in total. The summed E-state index contributed by atoms with van der Waals surface area (Å²) in [6.07, 6.45) is -0.303. The maximum absolute atomic E-state index is 12.5. The third-order valence-corrected chi connectivity index (χ3v) is 5.18. The lowest BCUT2D eigenvalue weighted by Gasteiger charge is -2.18. The van der Waals surface area contributed by atoms with Gasteiger partial charge in [0.2, 0.25) is 0 Å². The number of carbonyl (C=O) groups is 2. The third kappa shape index (κ3) is 6.50. The van der Waals surface area contributed by atoms with Crippen LogP contribution in [-0.2, 0) is 11.3 Å². The van der Waals surface area contributed by atoms with Crippen LogP contribution >= 0.6 is 12.6 Å². The van der Waals surface area contributed by atoms with E-state index in [-0.39, 0.29) is 19.1 Å². The number of nitrogens with one attached hydrogen (secondary N) is 2. The predicted molar refractivity (Wildman–Crippen MR) is 127 cm³/mol. The zero-order valence-corrected chi connectivity index (χ0v) is 18.2. The first-order valence-corrected chi connectivity index (χ1v) is 10.5. The van der Waals surface area contributed by atoms with Crippen molar-refractivity contribution in [3.05, 3.63) is 89.5 Å². The average molecular weight is 452 g/mol. The van der Waals surface area contributed by atoms with Crippen molar-refractivity contribution in [2.75, 3.05) is 17.7 Å². The topological polar surface area (TPSA) is 114 Å². The molecule has 0 spiro atoms. The predicted octanol–water partition coefficient (Wildman–Crippen LogP) is 4.16. The van der Waals surface area contributed by atoms with E-state index in [9.17, 15) is 14.7 Å². The highest BCUT2D eigenvalue weighted by Gasteiger charge is 2.16. The van der Waals surface area contributed by atoms with Crippen LogP contribution in [0.2, 0.25) is 0 Å². The molecule has 3 aromatic carbocycles. The van der Waals surface area contributed by atoms with Crippen LogP contribution in [0.1, 0.15) is 33.9 Å². The molecule has 0 aliphatic rings. The molecule has 0 radical (unpaired) electrons. The number of rotatable bonds is 8. The fourth-order valence-corrected chi connectivity index (χ4v) is 3.26. The van der Waals surface area contributed by atoms with E-state index in [1.54, 1.807) is 60.7 Å². The first-order valence-electron chi connectivity index (χ1n) is 10.0. The quantitative estimate of drug-likeness (QED) is 0.261. The maximum atomic E-state index is 12.5. The van der Waals surface area contributed by atoms with Crippen molar-refractivity contribution < 1.29 is 19.4 Å². The van der Waals surface area contributed by atoms with E-state index < -0.39 is 12.1 Å². The fourth-order valence-electron chi connectivity index (χ4n) is 3.04. The van der Waals surface area contributed by atoms with Gasteiger partial charge in [-0.2, -0.15) is 0 Å². The normalized spacial score (nSPS) is 11.4. The number of alkyl carbamates (subject to hydrolysis) is 1. The second-order valence-electron chi connectivity index (χ2n) is 7.12. The number of anilines is 2. The third-order valence-electron chi connectivity index (χ3n) is 4.79. The maximum Gasteiger partial charge on any atom is 0.407 e. The molecular formula is C24H25N3O4S. The Bertz CT molecular complexity index is 1060. The molecule has 0 fully saturated rings. The Morgan fingerprint density at radius 2 is 1.69 bits per heavy atom. The minimum Gasteiger partial charge on any atom is -0.445 e. The molecule has 1 atom stereocenters. The van der Waals surface area contributed by atoms with Crippen LogP contribution in [0.4, 0.5) is 16.2 Å². The standard InChI is InChI=1S/C24H25N3O4S/c25-19-11-5-16(6-12-19)15-31-24(30)27-20(13-14-28)17-7-9-18(10-8-17)23(29)26-21-3-1-2-4-22(21)32/h1-12,20,28,32H,13-15,25H2,(H,26,29)(H,27,30)/t20-/m1/s1. The largest absolute Gasteiger partial charge is 0.445 e. The summed E-state index contributed by atoms with van der Waals surface area (Å²) < 4.78 is 5.26. The molecule has 0 aromatic heterocycles. The highest BCUT2D eigenvalue weighted by atomic mass is 32.1. The number of aliphatic hydroxyl groups is 1. The molecule has 0 aliphatic heterocycles. The van der Waals surface area contributed by atoms with Crippen molar-refractivity contribution in [3.8, 4) is 0 Å². The number of carbonyl (C=O) groups excluding carboxylic acids is 2. The molecule has 2 amide bonds. The van der Waals surface area contributed by atoms with E-state index in [4.69, 9.17) is 10.5 Å². The van der Waals surface area contributed by atoms with E-state index in [1.807, 2.05) is 12.1 Å². The van der Waals surface area contributed by atoms with Crippen LogP contribution in [-0.4, -0.2) is 23.7 Å². The van der Waals surface area contributed by atoms with E-state index in [0.717, 1.165) is 11.1 Å². The number of thiol groups is 1. The summed E-state index contributed by atoms with van der Waals surface area (Å²) in [6, 6.07) is 20.6. The summed E-state index contributed by atoms with van der Waals surface area (Å²) in [6.45, 7) is -0.0203. The highest BCUT2D eigenvalue weighted by molar-refractivity contribution is 7.80. The minimum atomic E-state index is -0.604. The van der Waals surface area contributed by atoms with Gasteiger partial charge in [-0.1, -0.05) is 36.4 Å². The average Bonchev–Trinajstić information content (AvgIpc) is 2.80. The van der Waals surface area contributed by atoms with Crippen LogP contribution in [0.15, 0.2) is 77.7 Å². The number of ether oxygens (including phenoxy) is 1. The Kier molecular flexibility index (Phi) is 8.13. The minimum absolute atomic E-state index is 0.101. The van der Waals surface area contributed by atoms with Gasteiger partial charge in [0, 0.05) is 22.8 Å². The summed E-state index contributed by atoms with van der Waals surface area (Å²) >= 11 is 4.33. The number of amides is 2. The van der Waals surface area contributed by atoms with Crippen LogP contribution in [0.3, 0.4) is 0 Å². The van der Waals surface area contributed by atoms with Gasteiger partial charge in [0.1, 0.15) is 6.61 Å². The van der Waals surface area contributed by atoms with Crippen molar-refractivity contribution in [1.29, 1.82) is 0 Å². The lowest BCUT2D eigenvalue weighted by atomic mass is 10.0. The Balaban J connectivity index is 1.60. The molecule has 0 heterocycles. The summed E-state index contributed by atoms with van der Waals surface area (Å²) in [5.41, 5.74) is 8.91.